The number of rotatable bonds is 7. The summed E-state index contributed by atoms with van der Waals surface area (Å²) in [6.07, 6.45) is -0.0612. The summed E-state index contributed by atoms with van der Waals surface area (Å²) in [4.78, 5) is 26.9. The molecule has 0 aliphatic carbocycles. The van der Waals surface area contributed by atoms with Crippen molar-refractivity contribution in [1.82, 2.24) is 0 Å². The molecule has 31 heavy (non-hydrogen) atoms. The average Bonchev–Trinajstić information content (AvgIpc) is 2.81. The van der Waals surface area contributed by atoms with E-state index in [1.165, 1.54) is 6.92 Å². The van der Waals surface area contributed by atoms with E-state index in [0.29, 0.717) is 6.42 Å². The Morgan fingerprint density at radius 3 is 2.13 bits per heavy atom. The van der Waals surface area contributed by atoms with Gasteiger partial charge in [0.2, 0.25) is 5.91 Å². The topological polar surface area (TPSA) is 55.8 Å². The zero-order chi connectivity index (χ0) is 21.8. The zero-order valence-electron chi connectivity index (χ0n) is 17.6. The molecule has 158 valence electrons. The van der Waals surface area contributed by atoms with Gasteiger partial charge in [-0.3, -0.25) is 9.59 Å². The molecule has 0 N–H and O–H groups in total. The highest BCUT2D eigenvalue weighted by Gasteiger charge is 2.49. The molecule has 1 saturated heterocycles. The van der Waals surface area contributed by atoms with Crippen molar-refractivity contribution >= 4 is 17.6 Å². The van der Waals surface area contributed by atoms with Crippen LogP contribution >= 0.6 is 0 Å². The van der Waals surface area contributed by atoms with Crippen LogP contribution in [0.3, 0.4) is 0 Å². The number of β-lactam (4-membered cyclic amide) rings is 1. The quantitative estimate of drug-likeness (QED) is 0.398. The number of para-hydroxylation sites is 1. The third-order valence-corrected chi connectivity index (χ3v) is 5.65. The van der Waals surface area contributed by atoms with Gasteiger partial charge in [0, 0.05) is 19.0 Å². The number of methoxy groups -OCH3 is 1. The first-order valence-electron chi connectivity index (χ1n) is 10.3. The van der Waals surface area contributed by atoms with E-state index < -0.39 is 6.10 Å². The van der Waals surface area contributed by atoms with Crippen molar-refractivity contribution in [3.05, 3.63) is 96.1 Å². The minimum Gasteiger partial charge on any atom is -0.497 e. The van der Waals surface area contributed by atoms with Gasteiger partial charge >= 0.3 is 5.97 Å². The van der Waals surface area contributed by atoms with Crippen LogP contribution in [-0.4, -0.2) is 19.0 Å². The Balaban J connectivity index is 1.67. The lowest BCUT2D eigenvalue weighted by Gasteiger charge is -2.48. The molecule has 1 fully saturated rings. The number of carbonyl (C=O) groups is 2. The molecule has 4 rings (SSSR count). The molecule has 0 spiro atoms. The van der Waals surface area contributed by atoms with Crippen LogP contribution in [0.5, 0.6) is 5.75 Å². The second-order valence-corrected chi connectivity index (χ2v) is 7.61. The summed E-state index contributed by atoms with van der Waals surface area (Å²) in [5.74, 6) is 0.124. The van der Waals surface area contributed by atoms with Crippen molar-refractivity contribution in [3.8, 4) is 5.75 Å². The normalized spacial score (nSPS) is 18.8. The van der Waals surface area contributed by atoms with E-state index in [1.807, 2.05) is 89.8 Å². The Hall–Kier alpha value is -3.60. The Kier molecular flexibility index (Phi) is 6.03. The van der Waals surface area contributed by atoms with Gasteiger partial charge in [0.25, 0.3) is 0 Å². The molecular formula is C26H25NO4. The van der Waals surface area contributed by atoms with E-state index in [2.05, 4.69) is 0 Å². The van der Waals surface area contributed by atoms with Crippen molar-refractivity contribution in [2.45, 2.75) is 25.5 Å². The molecule has 0 radical (unpaired) electrons. The molecule has 3 aromatic carbocycles. The number of carbonyl (C=O) groups excluding carboxylic acids is 2. The summed E-state index contributed by atoms with van der Waals surface area (Å²) < 4.78 is 10.9. The van der Waals surface area contributed by atoms with Gasteiger partial charge in [-0.2, -0.15) is 0 Å². The zero-order valence-corrected chi connectivity index (χ0v) is 17.6. The maximum absolute atomic E-state index is 13.3. The van der Waals surface area contributed by atoms with Crippen LogP contribution < -0.4 is 9.64 Å². The Labute approximate surface area is 182 Å². The molecule has 1 aliphatic rings. The fourth-order valence-corrected chi connectivity index (χ4v) is 4.19. The van der Waals surface area contributed by atoms with E-state index in [9.17, 15) is 9.59 Å². The Morgan fingerprint density at radius 2 is 1.55 bits per heavy atom. The molecule has 5 heteroatoms. The Bertz CT molecular complexity index is 1030. The van der Waals surface area contributed by atoms with Crippen LogP contribution in [0.25, 0.3) is 0 Å². The van der Waals surface area contributed by atoms with Gasteiger partial charge in [0.05, 0.1) is 19.1 Å². The largest absolute Gasteiger partial charge is 0.497 e. The number of benzene rings is 3. The first-order valence-corrected chi connectivity index (χ1v) is 10.3. The molecule has 0 aromatic heterocycles. The summed E-state index contributed by atoms with van der Waals surface area (Å²) in [6, 6.07) is 26.9. The van der Waals surface area contributed by atoms with E-state index in [-0.39, 0.29) is 23.8 Å². The fourth-order valence-electron chi connectivity index (χ4n) is 4.19. The Morgan fingerprint density at radius 1 is 0.935 bits per heavy atom. The predicted molar refractivity (Wildman–Crippen MR) is 119 cm³/mol. The van der Waals surface area contributed by atoms with Gasteiger partial charge < -0.3 is 14.4 Å². The summed E-state index contributed by atoms with van der Waals surface area (Å²) in [7, 11) is 1.63. The van der Waals surface area contributed by atoms with E-state index >= 15 is 0 Å². The highest BCUT2D eigenvalue weighted by Crippen LogP contribution is 2.47. The lowest BCUT2D eigenvalue weighted by Crippen LogP contribution is -2.55. The maximum Gasteiger partial charge on any atom is 0.303 e. The van der Waals surface area contributed by atoms with Crippen molar-refractivity contribution < 1.29 is 19.1 Å². The van der Waals surface area contributed by atoms with Gasteiger partial charge in [0.15, 0.2) is 0 Å². The number of amides is 1. The predicted octanol–water partition coefficient (Wildman–Crippen LogP) is 5.09. The molecule has 1 heterocycles. The van der Waals surface area contributed by atoms with Crippen LogP contribution in [0.2, 0.25) is 0 Å². The fraction of sp³-hybridized carbons (Fsp3) is 0.231. The maximum atomic E-state index is 13.3. The number of anilines is 1. The highest BCUT2D eigenvalue weighted by molar-refractivity contribution is 6.03. The van der Waals surface area contributed by atoms with Crippen LogP contribution in [0, 0.1) is 5.92 Å². The van der Waals surface area contributed by atoms with Gasteiger partial charge in [-0.25, -0.2) is 0 Å². The van der Waals surface area contributed by atoms with E-state index in [4.69, 9.17) is 9.47 Å². The van der Waals surface area contributed by atoms with Crippen molar-refractivity contribution in [1.29, 1.82) is 0 Å². The van der Waals surface area contributed by atoms with Crippen molar-refractivity contribution in [2.75, 3.05) is 12.0 Å². The second-order valence-electron chi connectivity index (χ2n) is 7.61. The molecule has 3 atom stereocenters. The molecular weight excluding hydrogens is 390 g/mol. The van der Waals surface area contributed by atoms with Crippen molar-refractivity contribution in [2.24, 2.45) is 5.92 Å². The van der Waals surface area contributed by atoms with Crippen LogP contribution in [0.1, 0.15) is 36.6 Å². The SMILES string of the molecule is COc1ccc(C2C(CC(OC(C)=O)c3ccccc3)C(=O)N2c2ccccc2)cc1. The number of esters is 1. The molecule has 0 saturated carbocycles. The molecule has 5 nitrogen and oxygen atoms in total. The summed E-state index contributed by atoms with van der Waals surface area (Å²) in [6.45, 7) is 1.40. The highest BCUT2D eigenvalue weighted by atomic mass is 16.5. The summed E-state index contributed by atoms with van der Waals surface area (Å²) >= 11 is 0. The smallest absolute Gasteiger partial charge is 0.303 e. The molecule has 1 aliphatic heterocycles. The monoisotopic (exact) mass is 415 g/mol. The number of hydrogen-bond donors (Lipinski definition) is 0. The number of nitrogens with zero attached hydrogens (tertiary/aromatic N) is 1. The first kappa shape index (κ1) is 20.7. The third kappa shape index (κ3) is 4.31. The molecule has 1 amide bonds. The lowest BCUT2D eigenvalue weighted by atomic mass is 9.77. The minimum absolute atomic E-state index is 0.0279. The number of hydrogen-bond acceptors (Lipinski definition) is 4. The van der Waals surface area contributed by atoms with Gasteiger partial charge in [-0.05, 0) is 35.4 Å². The summed E-state index contributed by atoms with van der Waals surface area (Å²) in [5.41, 5.74) is 2.76. The summed E-state index contributed by atoms with van der Waals surface area (Å²) in [5, 5.41) is 0. The first-order chi connectivity index (χ1) is 15.1. The molecule has 3 aromatic rings. The minimum atomic E-state index is -0.480. The second kappa shape index (κ2) is 9.04. The van der Waals surface area contributed by atoms with Crippen LogP contribution in [-0.2, 0) is 14.3 Å². The van der Waals surface area contributed by atoms with E-state index in [1.54, 1.807) is 7.11 Å². The van der Waals surface area contributed by atoms with Gasteiger partial charge in [-0.1, -0.05) is 60.7 Å². The standard InChI is InChI=1S/C26H25NO4/c1-18(28)31-24(19-9-5-3-6-10-19)17-23-25(20-13-15-22(30-2)16-14-20)27(26(23)29)21-11-7-4-8-12-21/h3-16,23-25H,17H2,1-2H3. The lowest BCUT2D eigenvalue weighted by molar-refractivity contribution is -0.150. The van der Waals surface area contributed by atoms with Gasteiger partial charge in [-0.15, -0.1) is 0 Å². The van der Waals surface area contributed by atoms with Gasteiger partial charge in [0.1, 0.15) is 11.9 Å². The van der Waals surface area contributed by atoms with Crippen molar-refractivity contribution in [3.63, 3.8) is 0 Å². The van der Waals surface area contributed by atoms with Crippen LogP contribution in [0.4, 0.5) is 5.69 Å². The van der Waals surface area contributed by atoms with Crippen LogP contribution in [0.15, 0.2) is 84.9 Å². The van der Waals surface area contributed by atoms with E-state index in [0.717, 1.165) is 22.6 Å². The average molecular weight is 415 g/mol. The number of ether oxygens (including phenoxy) is 2. The molecule has 0 bridgehead atoms. The molecule has 3 unspecified atom stereocenters. The third-order valence-electron chi connectivity index (χ3n) is 5.65.